The number of hydrogen-bond acceptors (Lipinski definition) is 2. The third-order valence-corrected chi connectivity index (χ3v) is 4.13. The number of nitrogens with one attached hydrogen (secondary N) is 1. The van der Waals surface area contributed by atoms with Gasteiger partial charge in [-0.2, -0.15) is 0 Å². The van der Waals surface area contributed by atoms with Crippen molar-refractivity contribution >= 4 is 11.8 Å². The molecule has 108 valence electrons. The molecule has 1 rings (SSSR count). The Kier molecular flexibility index (Phi) is 8.24. The van der Waals surface area contributed by atoms with E-state index in [1.165, 1.54) is 35.5 Å². The summed E-state index contributed by atoms with van der Waals surface area (Å²) in [4.78, 5) is 1.41. The molecule has 0 unspecified atom stereocenters. The van der Waals surface area contributed by atoms with E-state index in [1.54, 1.807) is 0 Å². The molecule has 0 aromatic heterocycles. The summed E-state index contributed by atoms with van der Waals surface area (Å²) in [5, 5.41) is 3.46. The molecule has 1 aromatic carbocycles. The molecule has 0 atom stereocenters. The molecule has 1 N–H and O–H groups in total. The Morgan fingerprint density at radius 3 is 2.32 bits per heavy atom. The van der Waals surface area contributed by atoms with Gasteiger partial charge in [-0.3, -0.25) is 0 Å². The minimum atomic E-state index is 0.597. The third kappa shape index (κ3) is 8.33. The van der Waals surface area contributed by atoms with Gasteiger partial charge < -0.3 is 5.32 Å². The van der Waals surface area contributed by atoms with Crippen LogP contribution in [0.1, 0.15) is 46.1 Å². The van der Waals surface area contributed by atoms with Gasteiger partial charge in [-0.25, -0.2) is 0 Å². The molecule has 19 heavy (non-hydrogen) atoms. The van der Waals surface area contributed by atoms with Gasteiger partial charge in [0.05, 0.1) is 0 Å². The summed E-state index contributed by atoms with van der Waals surface area (Å²) in [6.07, 6.45) is 3.70. The second-order valence-electron chi connectivity index (χ2n) is 5.89. The van der Waals surface area contributed by atoms with Gasteiger partial charge in [-0.05, 0) is 55.2 Å². The summed E-state index contributed by atoms with van der Waals surface area (Å²) < 4.78 is 0. The fraction of sp³-hybridized carbons (Fsp3) is 0.647. The van der Waals surface area contributed by atoms with Crippen molar-refractivity contribution in [3.63, 3.8) is 0 Å². The molecule has 0 aliphatic carbocycles. The highest BCUT2D eigenvalue weighted by Crippen LogP contribution is 2.21. The summed E-state index contributed by atoms with van der Waals surface area (Å²) in [6.45, 7) is 10.1. The summed E-state index contributed by atoms with van der Waals surface area (Å²) in [5.41, 5.74) is 1.46. The Hall–Kier alpha value is -0.470. The fourth-order valence-corrected chi connectivity index (χ4v) is 3.00. The predicted octanol–water partition coefficient (Wildman–Crippen LogP) is 4.76. The fourth-order valence-electron chi connectivity index (χ4n) is 1.85. The molecule has 0 aliphatic heterocycles. The van der Waals surface area contributed by atoms with Crippen molar-refractivity contribution in [3.05, 3.63) is 29.8 Å². The van der Waals surface area contributed by atoms with Crippen LogP contribution >= 0.6 is 11.8 Å². The normalized spacial score (nSPS) is 11.5. The topological polar surface area (TPSA) is 12.0 Å². The van der Waals surface area contributed by atoms with E-state index in [-0.39, 0.29) is 0 Å². The Labute approximate surface area is 123 Å². The molecular formula is C17H29NS. The lowest BCUT2D eigenvalue weighted by Gasteiger charge is -2.08. The monoisotopic (exact) mass is 279 g/mol. The first-order chi connectivity index (χ1) is 9.08. The zero-order chi connectivity index (χ0) is 14.1. The lowest BCUT2D eigenvalue weighted by molar-refractivity contribution is 0.570. The van der Waals surface area contributed by atoms with Crippen molar-refractivity contribution in [2.24, 2.45) is 5.92 Å². The van der Waals surface area contributed by atoms with E-state index in [9.17, 15) is 0 Å². The Balaban J connectivity index is 2.23. The highest BCUT2D eigenvalue weighted by molar-refractivity contribution is 7.99. The summed E-state index contributed by atoms with van der Waals surface area (Å²) in [5.74, 6) is 2.04. The van der Waals surface area contributed by atoms with Crippen molar-refractivity contribution in [1.29, 1.82) is 0 Å². The van der Waals surface area contributed by atoms with Gasteiger partial charge in [0, 0.05) is 10.9 Å². The van der Waals surface area contributed by atoms with E-state index in [0.717, 1.165) is 12.5 Å². The molecule has 2 heteroatoms. The van der Waals surface area contributed by atoms with E-state index in [4.69, 9.17) is 0 Å². The Morgan fingerprint density at radius 1 is 1.05 bits per heavy atom. The van der Waals surface area contributed by atoms with Crippen LogP contribution in [0.25, 0.3) is 0 Å². The van der Waals surface area contributed by atoms with Crippen molar-refractivity contribution in [1.82, 2.24) is 5.32 Å². The van der Waals surface area contributed by atoms with Crippen LogP contribution in [-0.4, -0.2) is 18.3 Å². The maximum absolute atomic E-state index is 3.46. The quantitative estimate of drug-likeness (QED) is 0.517. The van der Waals surface area contributed by atoms with Crippen LogP contribution in [-0.2, 0) is 6.42 Å². The largest absolute Gasteiger partial charge is 0.315 e. The highest BCUT2D eigenvalue weighted by atomic mass is 32.2. The minimum Gasteiger partial charge on any atom is -0.315 e. The average molecular weight is 279 g/mol. The van der Waals surface area contributed by atoms with Crippen molar-refractivity contribution in [3.8, 4) is 0 Å². The van der Waals surface area contributed by atoms with Gasteiger partial charge in [0.15, 0.2) is 0 Å². The molecule has 1 aromatic rings. The standard InChI is InChI=1S/C17H29NS/c1-14(2)11-13-19-17-9-7-16(8-10-17)6-5-12-18-15(3)4/h7-10,14-15,18H,5-6,11-13H2,1-4H3. The van der Waals surface area contributed by atoms with E-state index < -0.39 is 0 Å². The van der Waals surface area contributed by atoms with Crippen LogP contribution in [0.5, 0.6) is 0 Å². The third-order valence-electron chi connectivity index (χ3n) is 3.08. The molecule has 0 radical (unpaired) electrons. The van der Waals surface area contributed by atoms with Crippen LogP contribution in [0.2, 0.25) is 0 Å². The van der Waals surface area contributed by atoms with E-state index in [0.29, 0.717) is 6.04 Å². The van der Waals surface area contributed by atoms with Crippen LogP contribution in [0.4, 0.5) is 0 Å². The van der Waals surface area contributed by atoms with Crippen LogP contribution in [0, 0.1) is 5.92 Å². The molecule has 0 bridgehead atoms. The number of aryl methyl sites for hydroxylation is 1. The molecule has 0 aliphatic rings. The minimum absolute atomic E-state index is 0.597. The van der Waals surface area contributed by atoms with Crippen molar-refractivity contribution < 1.29 is 0 Å². The van der Waals surface area contributed by atoms with Gasteiger partial charge in [-0.1, -0.05) is 39.8 Å². The van der Waals surface area contributed by atoms with Gasteiger partial charge in [0.1, 0.15) is 0 Å². The Bertz CT molecular complexity index is 330. The molecular weight excluding hydrogens is 250 g/mol. The van der Waals surface area contributed by atoms with Gasteiger partial charge in [-0.15, -0.1) is 11.8 Å². The molecule has 0 amide bonds. The lowest BCUT2D eigenvalue weighted by Crippen LogP contribution is -2.23. The molecule has 0 saturated carbocycles. The average Bonchev–Trinajstić information content (AvgIpc) is 2.36. The number of hydrogen-bond donors (Lipinski definition) is 1. The van der Waals surface area contributed by atoms with Crippen LogP contribution < -0.4 is 5.32 Å². The summed E-state index contributed by atoms with van der Waals surface area (Å²) in [7, 11) is 0. The number of thioether (sulfide) groups is 1. The van der Waals surface area contributed by atoms with Crippen LogP contribution in [0.15, 0.2) is 29.2 Å². The zero-order valence-electron chi connectivity index (χ0n) is 12.9. The molecule has 0 spiro atoms. The molecule has 0 fully saturated rings. The predicted molar refractivity (Wildman–Crippen MR) is 88.1 cm³/mol. The highest BCUT2D eigenvalue weighted by Gasteiger charge is 1.99. The van der Waals surface area contributed by atoms with Gasteiger partial charge in [0.25, 0.3) is 0 Å². The summed E-state index contributed by atoms with van der Waals surface area (Å²) in [6, 6.07) is 9.71. The van der Waals surface area contributed by atoms with Crippen LogP contribution in [0.3, 0.4) is 0 Å². The van der Waals surface area contributed by atoms with Gasteiger partial charge >= 0.3 is 0 Å². The first kappa shape index (κ1) is 16.6. The summed E-state index contributed by atoms with van der Waals surface area (Å²) >= 11 is 1.98. The molecule has 0 heterocycles. The molecule has 0 saturated heterocycles. The molecule has 1 nitrogen and oxygen atoms in total. The van der Waals surface area contributed by atoms with Gasteiger partial charge in [0.2, 0.25) is 0 Å². The second-order valence-corrected chi connectivity index (χ2v) is 7.06. The number of benzene rings is 1. The van der Waals surface area contributed by atoms with E-state index in [1.807, 2.05) is 11.8 Å². The maximum atomic E-state index is 3.46. The maximum Gasteiger partial charge on any atom is 0.00721 e. The second kappa shape index (κ2) is 9.44. The first-order valence-electron chi connectivity index (χ1n) is 7.53. The van der Waals surface area contributed by atoms with E-state index in [2.05, 4.69) is 57.3 Å². The SMILES string of the molecule is CC(C)CCSc1ccc(CCCNC(C)C)cc1. The van der Waals surface area contributed by atoms with Crippen molar-refractivity contribution in [2.45, 2.75) is 57.9 Å². The lowest BCUT2D eigenvalue weighted by atomic mass is 10.1. The number of rotatable bonds is 9. The van der Waals surface area contributed by atoms with E-state index >= 15 is 0 Å². The Morgan fingerprint density at radius 2 is 1.74 bits per heavy atom. The zero-order valence-corrected chi connectivity index (χ0v) is 13.7. The first-order valence-corrected chi connectivity index (χ1v) is 8.51. The smallest absolute Gasteiger partial charge is 0.00721 e. The van der Waals surface area contributed by atoms with Crippen molar-refractivity contribution in [2.75, 3.05) is 12.3 Å².